The number of hydrogen-bond acceptors (Lipinski definition) is 6. The molecular formula is C22H18N2O4S. The SMILES string of the molecule is COc1ccc2oc(=O)c(C(=O)Nc3nc(-c4ccc(C)cc4)c(C)s3)cc2c1. The van der Waals surface area contributed by atoms with Crippen LogP contribution in [0.15, 0.2) is 57.7 Å². The van der Waals surface area contributed by atoms with E-state index in [1.54, 1.807) is 25.3 Å². The summed E-state index contributed by atoms with van der Waals surface area (Å²) in [5, 5.41) is 3.74. The third-order valence-electron chi connectivity index (χ3n) is 4.53. The molecule has 4 aromatic rings. The van der Waals surface area contributed by atoms with Crippen molar-refractivity contribution in [3.8, 4) is 17.0 Å². The van der Waals surface area contributed by atoms with Crippen molar-refractivity contribution in [3.05, 3.63) is 75.0 Å². The van der Waals surface area contributed by atoms with Crippen molar-refractivity contribution in [1.29, 1.82) is 0 Å². The minimum Gasteiger partial charge on any atom is -0.497 e. The lowest BCUT2D eigenvalue weighted by Crippen LogP contribution is -2.20. The first-order valence-corrected chi connectivity index (χ1v) is 9.74. The summed E-state index contributed by atoms with van der Waals surface area (Å²) < 4.78 is 10.5. The Morgan fingerprint density at radius 3 is 2.59 bits per heavy atom. The van der Waals surface area contributed by atoms with Gasteiger partial charge in [-0.25, -0.2) is 9.78 Å². The van der Waals surface area contributed by atoms with E-state index < -0.39 is 11.5 Å². The number of ether oxygens (including phenoxy) is 1. The van der Waals surface area contributed by atoms with Gasteiger partial charge in [0.05, 0.1) is 12.8 Å². The van der Waals surface area contributed by atoms with Crippen molar-refractivity contribution >= 4 is 33.3 Å². The van der Waals surface area contributed by atoms with Gasteiger partial charge in [0.15, 0.2) is 5.13 Å². The van der Waals surface area contributed by atoms with Crippen molar-refractivity contribution in [2.24, 2.45) is 0 Å². The number of thiazole rings is 1. The van der Waals surface area contributed by atoms with Gasteiger partial charge in [0.25, 0.3) is 5.91 Å². The largest absolute Gasteiger partial charge is 0.497 e. The average molecular weight is 406 g/mol. The molecule has 0 spiro atoms. The van der Waals surface area contributed by atoms with Crippen LogP contribution in [-0.2, 0) is 0 Å². The quantitative estimate of drug-likeness (QED) is 0.493. The highest BCUT2D eigenvalue weighted by Crippen LogP contribution is 2.30. The van der Waals surface area contributed by atoms with E-state index in [2.05, 4.69) is 10.3 Å². The molecule has 2 aromatic heterocycles. The maximum Gasteiger partial charge on any atom is 0.349 e. The highest BCUT2D eigenvalue weighted by molar-refractivity contribution is 7.16. The minimum absolute atomic E-state index is 0.0875. The normalized spacial score (nSPS) is 10.9. The third-order valence-corrected chi connectivity index (χ3v) is 5.41. The van der Waals surface area contributed by atoms with E-state index >= 15 is 0 Å². The van der Waals surface area contributed by atoms with Gasteiger partial charge < -0.3 is 9.15 Å². The van der Waals surface area contributed by atoms with E-state index in [0.717, 1.165) is 21.7 Å². The number of rotatable bonds is 4. The first-order chi connectivity index (χ1) is 13.9. The van der Waals surface area contributed by atoms with Gasteiger partial charge in [-0.3, -0.25) is 10.1 Å². The number of hydrogen-bond donors (Lipinski definition) is 1. The molecule has 0 aliphatic heterocycles. The van der Waals surface area contributed by atoms with Gasteiger partial charge in [-0.2, -0.15) is 0 Å². The fourth-order valence-corrected chi connectivity index (χ4v) is 3.81. The molecule has 0 atom stereocenters. The lowest BCUT2D eigenvalue weighted by Gasteiger charge is -2.04. The van der Waals surface area contributed by atoms with Gasteiger partial charge in [-0.1, -0.05) is 29.8 Å². The summed E-state index contributed by atoms with van der Waals surface area (Å²) in [6, 6.07) is 14.5. The molecule has 1 N–H and O–H groups in total. The second-order valence-corrected chi connectivity index (χ2v) is 7.80. The third kappa shape index (κ3) is 3.77. The number of fused-ring (bicyclic) bond motifs is 1. The molecule has 0 bridgehead atoms. The van der Waals surface area contributed by atoms with Gasteiger partial charge in [0, 0.05) is 15.8 Å². The topological polar surface area (TPSA) is 81.4 Å². The van der Waals surface area contributed by atoms with Crippen LogP contribution in [0.1, 0.15) is 20.8 Å². The van der Waals surface area contributed by atoms with Crippen LogP contribution < -0.4 is 15.7 Å². The summed E-state index contributed by atoms with van der Waals surface area (Å²) in [7, 11) is 1.55. The highest BCUT2D eigenvalue weighted by atomic mass is 32.1. The summed E-state index contributed by atoms with van der Waals surface area (Å²) in [5.41, 5.74) is 2.54. The maximum atomic E-state index is 12.7. The van der Waals surface area contributed by atoms with Gasteiger partial charge >= 0.3 is 5.63 Å². The molecule has 0 fully saturated rings. The molecule has 0 radical (unpaired) electrons. The second kappa shape index (κ2) is 7.52. The van der Waals surface area contributed by atoms with Crippen molar-refractivity contribution in [3.63, 3.8) is 0 Å². The van der Waals surface area contributed by atoms with Crippen LogP contribution in [0.5, 0.6) is 5.75 Å². The van der Waals surface area contributed by atoms with Crippen molar-refractivity contribution < 1.29 is 13.9 Å². The summed E-state index contributed by atoms with van der Waals surface area (Å²) in [5.74, 6) is 0.0451. The first-order valence-electron chi connectivity index (χ1n) is 8.92. The van der Waals surface area contributed by atoms with Crippen molar-refractivity contribution in [2.75, 3.05) is 12.4 Å². The molecule has 146 valence electrons. The Kier molecular flexibility index (Phi) is 4.90. The van der Waals surface area contributed by atoms with Crippen molar-refractivity contribution in [2.45, 2.75) is 13.8 Å². The number of methoxy groups -OCH3 is 1. The molecule has 1 amide bonds. The number of aryl methyl sites for hydroxylation is 2. The van der Waals surface area contributed by atoms with E-state index in [0.29, 0.717) is 21.9 Å². The summed E-state index contributed by atoms with van der Waals surface area (Å²) in [4.78, 5) is 30.5. The lowest BCUT2D eigenvalue weighted by molar-refractivity contribution is 0.102. The Labute approximate surface area is 170 Å². The zero-order valence-electron chi connectivity index (χ0n) is 16.1. The van der Waals surface area contributed by atoms with Crippen LogP contribution in [0.25, 0.3) is 22.2 Å². The summed E-state index contributed by atoms with van der Waals surface area (Å²) in [6.45, 7) is 3.97. The molecular weight excluding hydrogens is 388 g/mol. The molecule has 2 heterocycles. The Balaban J connectivity index is 1.64. The van der Waals surface area contributed by atoms with Crippen molar-refractivity contribution in [1.82, 2.24) is 4.98 Å². The standard InChI is InChI=1S/C22H18N2O4S/c1-12-4-6-14(7-5-12)19-13(2)29-22(23-19)24-20(25)17-11-15-10-16(27-3)8-9-18(15)28-21(17)26/h4-11H,1-3H3,(H,23,24,25). The monoisotopic (exact) mass is 406 g/mol. The summed E-state index contributed by atoms with van der Waals surface area (Å²) in [6.07, 6.45) is 0. The van der Waals surface area contributed by atoms with Crippen LogP contribution in [0.2, 0.25) is 0 Å². The number of nitrogens with one attached hydrogen (secondary N) is 1. The molecule has 0 aliphatic carbocycles. The predicted octanol–water partition coefficient (Wildman–Crippen LogP) is 4.79. The van der Waals surface area contributed by atoms with E-state index in [9.17, 15) is 9.59 Å². The van der Waals surface area contributed by atoms with E-state index in [-0.39, 0.29) is 5.56 Å². The molecule has 0 aliphatic rings. The number of carbonyl (C=O) groups is 1. The van der Waals surface area contributed by atoms with Gasteiger partial charge in [-0.05, 0) is 38.1 Å². The smallest absolute Gasteiger partial charge is 0.349 e. The number of nitrogens with zero attached hydrogens (tertiary/aromatic N) is 1. The second-order valence-electron chi connectivity index (χ2n) is 6.60. The number of aromatic nitrogens is 1. The summed E-state index contributed by atoms with van der Waals surface area (Å²) >= 11 is 1.36. The Hall–Kier alpha value is -3.45. The van der Waals surface area contributed by atoms with Gasteiger partial charge in [-0.15, -0.1) is 11.3 Å². The number of benzene rings is 2. The zero-order valence-corrected chi connectivity index (χ0v) is 16.9. The van der Waals surface area contributed by atoms with Gasteiger partial charge in [0.2, 0.25) is 0 Å². The minimum atomic E-state index is -0.702. The molecule has 0 unspecified atom stereocenters. The van der Waals surface area contributed by atoms with Gasteiger partial charge in [0.1, 0.15) is 16.9 Å². The number of carbonyl (C=O) groups excluding carboxylic acids is 1. The Morgan fingerprint density at radius 1 is 1.10 bits per heavy atom. The first kappa shape index (κ1) is 18.9. The van der Waals surface area contributed by atoms with Crippen LogP contribution in [0.3, 0.4) is 0 Å². The number of anilines is 1. The fourth-order valence-electron chi connectivity index (χ4n) is 2.98. The lowest BCUT2D eigenvalue weighted by atomic mass is 10.1. The maximum absolute atomic E-state index is 12.7. The average Bonchev–Trinajstić information content (AvgIpc) is 3.07. The molecule has 6 nitrogen and oxygen atoms in total. The van der Waals surface area contributed by atoms with E-state index in [1.807, 2.05) is 38.1 Å². The molecule has 2 aromatic carbocycles. The molecule has 7 heteroatoms. The highest BCUT2D eigenvalue weighted by Gasteiger charge is 2.17. The Bertz CT molecular complexity index is 1270. The van der Waals surface area contributed by atoms with E-state index in [4.69, 9.17) is 9.15 Å². The zero-order chi connectivity index (χ0) is 20.5. The van der Waals surface area contributed by atoms with Crippen LogP contribution in [-0.4, -0.2) is 18.0 Å². The predicted molar refractivity (Wildman–Crippen MR) is 114 cm³/mol. The fraction of sp³-hybridized carbons (Fsp3) is 0.136. The van der Waals surface area contributed by atoms with Crippen LogP contribution in [0.4, 0.5) is 5.13 Å². The van der Waals surface area contributed by atoms with Crippen LogP contribution >= 0.6 is 11.3 Å². The number of amides is 1. The molecule has 4 rings (SSSR count). The molecule has 0 saturated carbocycles. The van der Waals surface area contributed by atoms with E-state index in [1.165, 1.54) is 17.4 Å². The molecule has 0 saturated heterocycles. The van der Waals surface area contributed by atoms with Crippen LogP contribution in [0, 0.1) is 13.8 Å². The molecule has 29 heavy (non-hydrogen) atoms. The Morgan fingerprint density at radius 2 is 1.86 bits per heavy atom.